The van der Waals surface area contributed by atoms with Crippen LogP contribution in [0.5, 0.6) is 0 Å². The summed E-state index contributed by atoms with van der Waals surface area (Å²) in [7, 11) is 0. The molecule has 0 aromatic rings. The van der Waals surface area contributed by atoms with E-state index >= 15 is 0 Å². The van der Waals surface area contributed by atoms with Gasteiger partial charge in [-0.15, -0.1) is 0 Å². The van der Waals surface area contributed by atoms with Crippen LogP contribution < -0.4 is 5.32 Å². The van der Waals surface area contributed by atoms with Crippen LogP contribution in [0.25, 0.3) is 0 Å². The highest BCUT2D eigenvalue weighted by atomic mass is 16.5. The predicted molar refractivity (Wildman–Crippen MR) is 42.1 cm³/mol. The highest BCUT2D eigenvalue weighted by molar-refractivity contribution is 4.74. The van der Waals surface area contributed by atoms with Gasteiger partial charge in [-0.1, -0.05) is 0 Å². The molecule has 0 amide bonds. The number of hydrogen-bond donors (Lipinski definition) is 1. The fourth-order valence-corrected chi connectivity index (χ4v) is 1.47. The molecule has 2 heteroatoms. The van der Waals surface area contributed by atoms with E-state index in [1.54, 1.807) is 0 Å². The molecule has 10 heavy (non-hydrogen) atoms. The normalized spacial score (nSPS) is 34.2. The molecular weight excluding hydrogens is 126 g/mol. The van der Waals surface area contributed by atoms with Crippen molar-refractivity contribution in [2.75, 3.05) is 13.2 Å². The molecule has 60 valence electrons. The third-order valence-corrected chi connectivity index (χ3v) is 1.98. The van der Waals surface area contributed by atoms with Gasteiger partial charge in [-0.3, -0.25) is 0 Å². The molecular formula is C8H17NO. The van der Waals surface area contributed by atoms with E-state index in [1.807, 2.05) is 0 Å². The van der Waals surface area contributed by atoms with Gasteiger partial charge in [-0.25, -0.2) is 0 Å². The van der Waals surface area contributed by atoms with Crippen molar-refractivity contribution in [1.82, 2.24) is 5.32 Å². The molecule has 0 saturated carbocycles. The van der Waals surface area contributed by atoms with Crippen LogP contribution in [-0.2, 0) is 4.74 Å². The molecule has 0 radical (unpaired) electrons. The van der Waals surface area contributed by atoms with Crippen molar-refractivity contribution >= 4 is 0 Å². The Morgan fingerprint density at radius 2 is 2.40 bits per heavy atom. The summed E-state index contributed by atoms with van der Waals surface area (Å²) in [5.74, 6) is 0. The molecule has 1 heterocycles. The van der Waals surface area contributed by atoms with E-state index in [0.717, 1.165) is 13.2 Å². The summed E-state index contributed by atoms with van der Waals surface area (Å²) in [5.41, 5.74) is 0. The lowest BCUT2D eigenvalue weighted by molar-refractivity contribution is 0.0320. The second kappa shape index (κ2) is 3.94. The summed E-state index contributed by atoms with van der Waals surface area (Å²) in [4.78, 5) is 0. The van der Waals surface area contributed by atoms with E-state index < -0.39 is 0 Å². The van der Waals surface area contributed by atoms with E-state index in [1.165, 1.54) is 12.8 Å². The van der Waals surface area contributed by atoms with Crippen LogP contribution in [0.15, 0.2) is 0 Å². The zero-order valence-electron chi connectivity index (χ0n) is 6.89. The summed E-state index contributed by atoms with van der Waals surface area (Å²) >= 11 is 0. The van der Waals surface area contributed by atoms with Crippen LogP contribution in [-0.4, -0.2) is 25.3 Å². The first-order valence-corrected chi connectivity index (χ1v) is 4.18. The highest BCUT2D eigenvalue weighted by Gasteiger charge is 2.17. The Labute approximate surface area is 63.0 Å². The van der Waals surface area contributed by atoms with Crippen molar-refractivity contribution < 1.29 is 4.74 Å². The van der Waals surface area contributed by atoms with Gasteiger partial charge in [-0.2, -0.15) is 0 Å². The molecule has 0 bridgehead atoms. The number of piperidine rings is 1. The summed E-state index contributed by atoms with van der Waals surface area (Å²) in [5, 5.41) is 3.39. The molecule has 0 unspecified atom stereocenters. The first-order valence-electron chi connectivity index (χ1n) is 4.18. The quantitative estimate of drug-likeness (QED) is 0.626. The molecule has 1 aliphatic heterocycles. The fourth-order valence-electron chi connectivity index (χ4n) is 1.47. The molecule has 2 nitrogen and oxygen atoms in total. The maximum absolute atomic E-state index is 5.51. The molecule has 0 aromatic heterocycles. The van der Waals surface area contributed by atoms with Gasteiger partial charge < -0.3 is 10.1 Å². The van der Waals surface area contributed by atoms with E-state index in [4.69, 9.17) is 4.74 Å². The Balaban J connectivity index is 2.18. The van der Waals surface area contributed by atoms with Crippen molar-refractivity contribution in [1.29, 1.82) is 0 Å². The van der Waals surface area contributed by atoms with Gasteiger partial charge in [0.25, 0.3) is 0 Å². The molecule has 0 aromatic carbocycles. The zero-order valence-corrected chi connectivity index (χ0v) is 6.89. The van der Waals surface area contributed by atoms with Crippen LogP contribution >= 0.6 is 0 Å². The van der Waals surface area contributed by atoms with Gasteiger partial charge in [0.1, 0.15) is 0 Å². The monoisotopic (exact) mass is 143 g/mol. The average molecular weight is 143 g/mol. The Hall–Kier alpha value is -0.0800. The lowest BCUT2D eigenvalue weighted by Gasteiger charge is -2.27. The molecule has 2 atom stereocenters. The van der Waals surface area contributed by atoms with Crippen molar-refractivity contribution in [2.45, 2.75) is 38.8 Å². The van der Waals surface area contributed by atoms with E-state index in [-0.39, 0.29) is 0 Å². The standard InChI is InChI=1S/C8H17NO/c1-3-10-8-4-5-9-7(2)6-8/h7-9H,3-6H2,1-2H3/t7-,8-/m1/s1. The van der Waals surface area contributed by atoms with E-state index in [0.29, 0.717) is 12.1 Å². The Kier molecular flexibility index (Phi) is 3.16. The Bertz CT molecular complexity index is 93.3. The van der Waals surface area contributed by atoms with Gasteiger partial charge in [0.2, 0.25) is 0 Å². The fraction of sp³-hybridized carbons (Fsp3) is 1.00. The zero-order chi connectivity index (χ0) is 7.40. The summed E-state index contributed by atoms with van der Waals surface area (Å²) in [6.07, 6.45) is 2.87. The maximum atomic E-state index is 5.51. The number of ether oxygens (including phenoxy) is 1. The highest BCUT2D eigenvalue weighted by Crippen LogP contribution is 2.11. The first kappa shape index (κ1) is 8.02. The van der Waals surface area contributed by atoms with Crippen molar-refractivity contribution in [3.05, 3.63) is 0 Å². The number of nitrogens with one attached hydrogen (secondary N) is 1. The summed E-state index contributed by atoms with van der Waals surface area (Å²) < 4.78 is 5.51. The van der Waals surface area contributed by atoms with Crippen LogP contribution in [0.4, 0.5) is 0 Å². The lowest BCUT2D eigenvalue weighted by Crippen LogP contribution is -2.39. The minimum Gasteiger partial charge on any atom is -0.378 e. The molecule has 1 aliphatic rings. The number of hydrogen-bond acceptors (Lipinski definition) is 2. The Morgan fingerprint density at radius 3 is 3.00 bits per heavy atom. The third-order valence-electron chi connectivity index (χ3n) is 1.98. The second-order valence-corrected chi connectivity index (χ2v) is 2.96. The smallest absolute Gasteiger partial charge is 0.0601 e. The lowest BCUT2D eigenvalue weighted by atomic mass is 10.0. The Morgan fingerprint density at radius 1 is 1.60 bits per heavy atom. The molecule has 0 aliphatic carbocycles. The van der Waals surface area contributed by atoms with Gasteiger partial charge >= 0.3 is 0 Å². The van der Waals surface area contributed by atoms with E-state index in [2.05, 4.69) is 19.2 Å². The van der Waals surface area contributed by atoms with Crippen LogP contribution in [0.1, 0.15) is 26.7 Å². The number of rotatable bonds is 2. The van der Waals surface area contributed by atoms with Gasteiger partial charge in [0.05, 0.1) is 6.10 Å². The summed E-state index contributed by atoms with van der Waals surface area (Å²) in [6, 6.07) is 0.644. The van der Waals surface area contributed by atoms with Crippen LogP contribution in [0.2, 0.25) is 0 Å². The van der Waals surface area contributed by atoms with Gasteiger partial charge in [0.15, 0.2) is 0 Å². The minimum absolute atomic E-state index is 0.515. The molecule has 1 saturated heterocycles. The van der Waals surface area contributed by atoms with E-state index in [9.17, 15) is 0 Å². The summed E-state index contributed by atoms with van der Waals surface area (Å²) in [6.45, 7) is 6.25. The van der Waals surface area contributed by atoms with Gasteiger partial charge in [0, 0.05) is 12.6 Å². The third kappa shape index (κ3) is 2.27. The van der Waals surface area contributed by atoms with Crippen molar-refractivity contribution in [2.24, 2.45) is 0 Å². The minimum atomic E-state index is 0.515. The largest absolute Gasteiger partial charge is 0.378 e. The maximum Gasteiger partial charge on any atom is 0.0601 e. The SMILES string of the molecule is CCO[C@@H]1CCN[C@H](C)C1. The second-order valence-electron chi connectivity index (χ2n) is 2.96. The van der Waals surface area contributed by atoms with Crippen LogP contribution in [0.3, 0.4) is 0 Å². The predicted octanol–water partition coefficient (Wildman–Crippen LogP) is 1.16. The molecule has 1 fully saturated rings. The average Bonchev–Trinajstić information content (AvgIpc) is 1.88. The van der Waals surface area contributed by atoms with Crippen LogP contribution in [0, 0.1) is 0 Å². The molecule has 1 N–H and O–H groups in total. The van der Waals surface area contributed by atoms with Crippen molar-refractivity contribution in [3.63, 3.8) is 0 Å². The van der Waals surface area contributed by atoms with Gasteiger partial charge in [-0.05, 0) is 33.2 Å². The molecule has 0 spiro atoms. The topological polar surface area (TPSA) is 21.3 Å². The molecule has 1 rings (SSSR count). The van der Waals surface area contributed by atoms with Crippen molar-refractivity contribution in [3.8, 4) is 0 Å². The first-order chi connectivity index (χ1) is 4.83.